The normalized spacial score (nSPS) is 45.8. The largest absolute Gasteiger partial charge is 0.394 e. The molecular formula is C26H44O8. The van der Waals surface area contributed by atoms with Crippen LogP contribution in [0.1, 0.15) is 59.3 Å². The SMILES string of the molecule is C=C1C[C@H](O)[C@H]2[C@](C)(CO[C@@H]3O[C@H](CO)[C@@H](O)[C@H](O)[C@H]3O)CCC[C@]2(C)[C@H]1CC/C(C)=C/CO. The van der Waals surface area contributed by atoms with Gasteiger partial charge in [-0.3, -0.25) is 0 Å². The molecule has 8 heteroatoms. The summed E-state index contributed by atoms with van der Waals surface area (Å²) in [5.41, 5.74) is 1.63. The van der Waals surface area contributed by atoms with Gasteiger partial charge in [0, 0.05) is 0 Å². The van der Waals surface area contributed by atoms with Crippen LogP contribution < -0.4 is 0 Å². The number of hydrogen-bond donors (Lipinski definition) is 6. The second-order valence-electron chi connectivity index (χ2n) is 11.3. The highest BCUT2D eigenvalue weighted by Crippen LogP contribution is 2.62. The van der Waals surface area contributed by atoms with Crippen LogP contribution in [0.15, 0.2) is 23.8 Å². The van der Waals surface area contributed by atoms with Crippen LogP contribution in [0.5, 0.6) is 0 Å². The molecule has 0 aromatic heterocycles. The van der Waals surface area contributed by atoms with E-state index in [0.717, 1.165) is 43.3 Å². The van der Waals surface area contributed by atoms with Gasteiger partial charge in [0.2, 0.25) is 0 Å². The number of rotatable bonds is 8. The van der Waals surface area contributed by atoms with Crippen LogP contribution in [0.3, 0.4) is 0 Å². The van der Waals surface area contributed by atoms with E-state index in [1.807, 2.05) is 13.0 Å². The van der Waals surface area contributed by atoms with Crippen molar-refractivity contribution in [1.82, 2.24) is 0 Å². The van der Waals surface area contributed by atoms with E-state index in [2.05, 4.69) is 20.4 Å². The molecule has 8 nitrogen and oxygen atoms in total. The lowest BCUT2D eigenvalue weighted by atomic mass is 9.46. The maximum Gasteiger partial charge on any atom is 0.186 e. The predicted octanol–water partition coefficient (Wildman–Crippen LogP) is 1.27. The third-order valence-corrected chi connectivity index (χ3v) is 8.76. The Morgan fingerprint density at radius 2 is 1.82 bits per heavy atom. The minimum absolute atomic E-state index is 0.0312. The molecule has 196 valence electrons. The minimum Gasteiger partial charge on any atom is -0.394 e. The van der Waals surface area contributed by atoms with Crippen molar-refractivity contribution in [1.29, 1.82) is 0 Å². The zero-order valence-electron chi connectivity index (χ0n) is 20.8. The topological polar surface area (TPSA) is 140 Å². The fraction of sp³-hybridized carbons (Fsp3) is 0.846. The lowest BCUT2D eigenvalue weighted by Gasteiger charge is -2.60. The first-order chi connectivity index (χ1) is 16.0. The van der Waals surface area contributed by atoms with Crippen molar-refractivity contribution in [2.45, 2.75) is 96.1 Å². The molecule has 0 aromatic carbocycles. The zero-order chi connectivity index (χ0) is 25.3. The monoisotopic (exact) mass is 484 g/mol. The van der Waals surface area contributed by atoms with Gasteiger partial charge in [-0.2, -0.15) is 0 Å². The smallest absolute Gasteiger partial charge is 0.186 e. The second-order valence-corrected chi connectivity index (χ2v) is 11.3. The van der Waals surface area contributed by atoms with Crippen LogP contribution in [0.4, 0.5) is 0 Å². The first kappa shape index (κ1) is 27.7. The molecule has 0 unspecified atom stereocenters. The van der Waals surface area contributed by atoms with Crippen LogP contribution >= 0.6 is 0 Å². The lowest BCUT2D eigenvalue weighted by molar-refractivity contribution is -0.310. The molecule has 6 N–H and O–H groups in total. The average molecular weight is 485 g/mol. The zero-order valence-corrected chi connectivity index (χ0v) is 20.8. The standard InChI is InChI=1S/C26H44O8/c1-15(8-11-27)6-7-17-16(2)12-18(29)23-25(3,9-5-10-26(17,23)4)14-33-24-22(32)21(31)20(30)19(13-28)34-24/h8,17-24,27-32H,2,5-7,9-14H2,1,3-4H3/b15-8+/t17-,18-,19+,20+,21-,22+,23-,24+,25-,26+/m0/s1. The highest BCUT2D eigenvalue weighted by Gasteiger charge is 2.58. The molecule has 0 amide bonds. The molecule has 0 spiro atoms. The van der Waals surface area contributed by atoms with Crippen molar-refractivity contribution in [2.75, 3.05) is 19.8 Å². The fourth-order valence-electron chi connectivity index (χ4n) is 7.07. The van der Waals surface area contributed by atoms with Gasteiger partial charge in [-0.25, -0.2) is 0 Å². The summed E-state index contributed by atoms with van der Waals surface area (Å²) in [6, 6.07) is 0. The molecule has 1 heterocycles. The van der Waals surface area contributed by atoms with E-state index in [9.17, 15) is 30.6 Å². The van der Waals surface area contributed by atoms with Gasteiger partial charge < -0.3 is 40.1 Å². The van der Waals surface area contributed by atoms with Gasteiger partial charge in [-0.1, -0.05) is 44.1 Å². The highest BCUT2D eigenvalue weighted by atomic mass is 16.7. The summed E-state index contributed by atoms with van der Waals surface area (Å²) >= 11 is 0. The molecule has 0 aromatic rings. The number of allylic oxidation sites excluding steroid dienone is 1. The van der Waals surface area contributed by atoms with Gasteiger partial charge in [0.1, 0.15) is 24.4 Å². The molecular weight excluding hydrogens is 440 g/mol. The summed E-state index contributed by atoms with van der Waals surface area (Å²) in [4.78, 5) is 0. The number of hydrogen-bond acceptors (Lipinski definition) is 8. The number of aliphatic hydroxyl groups excluding tert-OH is 6. The quantitative estimate of drug-likeness (QED) is 0.283. The second kappa shape index (κ2) is 11.0. The highest BCUT2D eigenvalue weighted by molar-refractivity contribution is 5.19. The summed E-state index contributed by atoms with van der Waals surface area (Å²) in [6.07, 6.45) is -0.215. The summed E-state index contributed by atoms with van der Waals surface area (Å²) in [6.45, 7) is 10.4. The molecule has 2 saturated carbocycles. The minimum atomic E-state index is -1.48. The van der Waals surface area contributed by atoms with Crippen molar-refractivity contribution < 1.29 is 40.1 Å². The Balaban J connectivity index is 1.78. The van der Waals surface area contributed by atoms with E-state index in [0.29, 0.717) is 6.42 Å². The number of fused-ring (bicyclic) bond motifs is 1. The Hall–Kier alpha value is -0.840. The van der Waals surface area contributed by atoms with E-state index in [1.54, 1.807) is 0 Å². The van der Waals surface area contributed by atoms with Gasteiger partial charge in [-0.05, 0) is 61.7 Å². The third-order valence-electron chi connectivity index (χ3n) is 8.76. The summed E-state index contributed by atoms with van der Waals surface area (Å²) in [5, 5.41) is 60.4. The van der Waals surface area contributed by atoms with Crippen LogP contribution in [0.2, 0.25) is 0 Å². The van der Waals surface area contributed by atoms with Crippen LogP contribution in [-0.2, 0) is 9.47 Å². The Kier molecular flexibility index (Phi) is 9.02. The average Bonchev–Trinajstić information content (AvgIpc) is 2.76. The Labute approximate surface area is 202 Å². The Morgan fingerprint density at radius 1 is 1.12 bits per heavy atom. The van der Waals surface area contributed by atoms with E-state index < -0.39 is 48.8 Å². The summed E-state index contributed by atoms with van der Waals surface area (Å²) in [5.74, 6) is 0.172. The van der Waals surface area contributed by atoms with Crippen molar-refractivity contribution in [3.63, 3.8) is 0 Å². The Bertz CT molecular complexity index is 738. The number of ether oxygens (including phenoxy) is 2. The van der Waals surface area contributed by atoms with Crippen LogP contribution in [0.25, 0.3) is 0 Å². The first-order valence-electron chi connectivity index (χ1n) is 12.5. The van der Waals surface area contributed by atoms with E-state index in [4.69, 9.17) is 9.47 Å². The molecule has 1 saturated heterocycles. The van der Waals surface area contributed by atoms with Gasteiger partial charge in [0.15, 0.2) is 6.29 Å². The Morgan fingerprint density at radius 3 is 2.47 bits per heavy atom. The molecule has 2 aliphatic carbocycles. The van der Waals surface area contributed by atoms with Crippen molar-refractivity contribution >= 4 is 0 Å². The van der Waals surface area contributed by atoms with Crippen molar-refractivity contribution in [2.24, 2.45) is 22.7 Å². The van der Waals surface area contributed by atoms with E-state index >= 15 is 0 Å². The molecule has 3 aliphatic rings. The summed E-state index contributed by atoms with van der Waals surface area (Å²) in [7, 11) is 0. The molecule has 34 heavy (non-hydrogen) atoms. The molecule has 0 bridgehead atoms. The first-order valence-corrected chi connectivity index (χ1v) is 12.5. The third kappa shape index (κ3) is 5.30. The van der Waals surface area contributed by atoms with E-state index in [-0.39, 0.29) is 30.5 Å². The van der Waals surface area contributed by atoms with Gasteiger partial charge in [0.25, 0.3) is 0 Å². The predicted molar refractivity (Wildman–Crippen MR) is 127 cm³/mol. The van der Waals surface area contributed by atoms with Crippen LogP contribution in [-0.4, -0.2) is 87.3 Å². The fourth-order valence-corrected chi connectivity index (χ4v) is 7.07. The van der Waals surface area contributed by atoms with Gasteiger partial charge >= 0.3 is 0 Å². The number of aliphatic hydroxyl groups is 6. The van der Waals surface area contributed by atoms with Gasteiger partial charge in [-0.15, -0.1) is 0 Å². The maximum absolute atomic E-state index is 11.3. The molecule has 10 atom stereocenters. The van der Waals surface area contributed by atoms with Gasteiger partial charge in [0.05, 0.1) is 25.9 Å². The van der Waals surface area contributed by atoms with Crippen LogP contribution in [0, 0.1) is 22.7 Å². The summed E-state index contributed by atoms with van der Waals surface area (Å²) < 4.78 is 11.5. The molecule has 3 fully saturated rings. The molecule has 0 radical (unpaired) electrons. The molecule has 3 rings (SSSR count). The van der Waals surface area contributed by atoms with Crippen molar-refractivity contribution in [3.05, 3.63) is 23.8 Å². The van der Waals surface area contributed by atoms with Crippen molar-refractivity contribution in [3.8, 4) is 0 Å². The van der Waals surface area contributed by atoms with E-state index in [1.165, 1.54) is 0 Å². The molecule has 1 aliphatic heterocycles. The lowest BCUT2D eigenvalue weighted by Crippen LogP contribution is -2.61. The maximum atomic E-state index is 11.3.